The second-order valence-corrected chi connectivity index (χ2v) is 9.47. The van der Waals surface area contributed by atoms with Crippen molar-refractivity contribution in [2.75, 3.05) is 5.32 Å². The number of aryl methyl sites for hydroxylation is 1. The molecule has 0 saturated carbocycles. The van der Waals surface area contributed by atoms with Crippen LogP contribution in [0.25, 0.3) is 11.3 Å². The molecule has 3 rings (SSSR count). The molecule has 0 saturated heterocycles. The Morgan fingerprint density at radius 3 is 2.80 bits per heavy atom. The predicted molar refractivity (Wildman–Crippen MR) is 106 cm³/mol. The molecule has 25 heavy (non-hydrogen) atoms. The van der Waals surface area contributed by atoms with Crippen LogP contribution in [0.2, 0.25) is 10.0 Å². The first kappa shape index (κ1) is 18.6. The van der Waals surface area contributed by atoms with Crippen molar-refractivity contribution in [2.24, 2.45) is 0 Å². The van der Waals surface area contributed by atoms with Crippen molar-refractivity contribution < 1.29 is 4.79 Å². The number of carbonyl (C=O) groups excluding carboxylic acids is 1. The molecule has 0 bridgehead atoms. The molecular formula is C15H12Cl2N4OS3. The molecule has 1 amide bonds. The number of amides is 1. The van der Waals surface area contributed by atoms with Crippen molar-refractivity contribution in [3.8, 4) is 11.3 Å². The number of hydrogen-bond donors (Lipinski definition) is 1. The molecule has 1 N–H and O–H groups in total. The van der Waals surface area contributed by atoms with E-state index in [0.717, 1.165) is 14.9 Å². The molecule has 1 unspecified atom stereocenters. The van der Waals surface area contributed by atoms with Gasteiger partial charge < -0.3 is 5.32 Å². The number of halogens is 2. The van der Waals surface area contributed by atoms with E-state index in [9.17, 15) is 4.79 Å². The lowest BCUT2D eigenvalue weighted by atomic mass is 10.2. The quantitative estimate of drug-likeness (QED) is 0.548. The minimum absolute atomic E-state index is 0.138. The smallest absolute Gasteiger partial charge is 0.239 e. The molecule has 2 aromatic heterocycles. The molecule has 0 aliphatic rings. The lowest BCUT2D eigenvalue weighted by Crippen LogP contribution is -2.22. The van der Waals surface area contributed by atoms with Crippen LogP contribution in [0, 0.1) is 6.92 Å². The van der Waals surface area contributed by atoms with Crippen LogP contribution < -0.4 is 5.32 Å². The van der Waals surface area contributed by atoms with Gasteiger partial charge in [0.2, 0.25) is 5.91 Å². The highest BCUT2D eigenvalue weighted by molar-refractivity contribution is 8.02. The Labute approximate surface area is 166 Å². The van der Waals surface area contributed by atoms with E-state index in [2.05, 4.69) is 20.5 Å². The van der Waals surface area contributed by atoms with Crippen molar-refractivity contribution in [1.29, 1.82) is 0 Å². The Morgan fingerprint density at radius 2 is 2.12 bits per heavy atom. The van der Waals surface area contributed by atoms with Crippen LogP contribution in [0.3, 0.4) is 0 Å². The highest BCUT2D eigenvalue weighted by Gasteiger charge is 2.18. The third-order valence-corrected chi connectivity index (χ3v) is 6.42. The van der Waals surface area contributed by atoms with Gasteiger partial charge in [-0.25, -0.2) is 4.98 Å². The summed E-state index contributed by atoms with van der Waals surface area (Å²) >= 11 is 16.3. The van der Waals surface area contributed by atoms with Crippen LogP contribution in [0.1, 0.15) is 11.9 Å². The number of thiazole rings is 1. The van der Waals surface area contributed by atoms with Crippen LogP contribution in [0.5, 0.6) is 0 Å². The zero-order chi connectivity index (χ0) is 18.0. The van der Waals surface area contributed by atoms with E-state index in [1.165, 1.54) is 34.4 Å². The first-order valence-corrected chi connectivity index (χ1v) is 10.4. The average Bonchev–Trinajstić information content (AvgIpc) is 3.16. The van der Waals surface area contributed by atoms with Crippen LogP contribution in [0.15, 0.2) is 27.9 Å². The van der Waals surface area contributed by atoms with Gasteiger partial charge in [-0.3, -0.25) is 4.79 Å². The van der Waals surface area contributed by atoms with Gasteiger partial charge in [0.05, 0.1) is 16.0 Å². The molecule has 10 heteroatoms. The Bertz CT molecular complexity index is 912. The van der Waals surface area contributed by atoms with E-state index >= 15 is 0 Å². The van der Waals surface area contributed by atoms with Gasteiger partial charge in [-0.1, -0.05) is 46.3 Å². The monoisotopic (exact) mass is 430 g/mol. The Hall–Kier alpha value is -1.19. The molecule has 1 aromatic carbocycles. The van der Waals surface area contributed by atoms with Crippen LogP contribution in [-0.4, -0.2) is 26.3 Å². The number of carbonyl (C=O) groups is 1. The number of rotatable bonds is 5. The molecule has 0 aliphatic carbocycles. The number of benzene rings is 1. The number of thioether (sulfide) groups is 1. The molecule has 0 spiro atoms. The summed E-state index contributed by atoms with van der Waals surface area (Å²) in [6.45, 7) is 3.70. The van der Waals surface area contributed by atoms with Crippen molar-refractivity contribution in [3.63, 3.8) is 0 Å². The minimum Gasteiger partial charge on any atom is -0.301 e. The molecule has 130 valence electrons. The number of nitrogens with one attached hydrogen (secondary N) is 1. The van der Waals surface area contributed by atoms with E-state index in [0.29, 0.717) is 20.9 Å². The Kier molecular flexibility index (Phi) is 5.96. The van der Waals surface area contributed by atoms with Gasteiger partial charge in [0, 0.05) is 16.0 Å². The van der Waals surface area contributed by atoms with Gasteiger partial charge in [0.1, 0.15) is 5.01 Å². The summed E-state index contributed by atoms with van der Waals surface area (Å²) in [5.41, 5.74) is 1.47. The van der Waals surface area contributed by atoms with Gasteiger partial charge in [0.25, 0.3) is 0 Å². The van der Waals surface area contributed by atoms with Gasteiger partial charge in [-0.05, 0) is 32.0 Å². The lowest BCUT2D eigenvalue weighted by molar-refractivity contribution is -0.115. The number of anilines is 1. The Morgan fingerprint density at radius 1 is 1.32 bits per heavy atom. The van der Waals surface area contributed by atoms with E-state index in [4.69, 9.17) is 23.2 Å². The molecule has 0 aliphatic heterocycles. The molecule has 0 fully saturated rings. The van der Waals surface area contributed by atoms with E-state index in [-0.39, 0.29) is 11.2 Å². The topological polar surface area (TPSA) is 67.8 Å². The zero-order valence-corrected chi connectivity index (χ0v) is 17.1. The summed E-state index contributed by atoms with van der Waals surface area (Å²) in [5, 5.41) is 14.8. The first-order valence-electron chi connectivity index (χ1n) is 7.11. The number of hydrogen-bond acceptors (Lipinski definition) is 7. The highest BCUT2D eigenvalue weighted by atomic mass is 35.5. The maximum Gasteiger partial charge on any atom is 0.239 e. The third-order valence-electron chi connectivity index (χ3n) is 3.10. The van der Waals surface area contributed by atoms with Gasteiger partial charge in [-0.15, -0.1) is 21.5 Å². The summed E-state index contributed by atoms with van der Waals surface area (Å²) < 4.78 is 0.771. The summed E-state index contributed by atoms with van der Waals surface area (Å²) in [7, 11) is 0. The first-order chi connectivity index (χ1) is 11.9. The lowest BCUT2D eigenvalue weighted by Gasteiger charge is -2.07. The number of aromatic nitrogens is 3. The molecular weight excluding hydrogens is 419 g/mol. The highest BCUT2D eigenvalue weighted by Crippen LogP contribution is 2.33. The van der Waals surface area contributed by atoms with Crippen molar-refractivity contribution in [1.82, 2.24) is 15.2 Å². The second kappa shape index (κ2) is 8.01. The van der Waals surface area contributed by atoms with Gasteiger partial charge in [0.15, 0.2) is 9.47 Å². The third kappa shape index (κ3) is 4.71. The van der Waals surface area contributed by atoms with Crippen LogP contribution in [0.4, 0.5) is 5.13 Å². The SMILES string of the molecule is Cc1nnc(SC(C)C(=O)Nc2nc(-c3ccc(Cl)cc3Cl)cs2)s1. The fraction of sp³-hybridized carbons (Fsp3) is 0.200. The maximum atomic E-state index is 12.3. The van der Waals surface area contributed by atoms with E-state index in [1.54, 1.807) is 12.1 Å². The van der Waals surface area contributed by atoms with Gasteiger partial charge >= 0.3 is 0 Å². The number of nitrogens with zero attached hydrogens (tertiary/aromatic N) is 3. The minimum atomic E-state index is -0.307. The molecule has 2 heterocycles. The molecule has 5 nitrogen and oxygen atoms in total. The Balaban J connectivity index is 1.67. The second-order valence-electron chi connectivity index (χ2n) is 5.00. The molecule has 0 radical (unpaired) electrons. The maximum absolute atomic E-state index is 12.3. The summed E-state index contributed by atoms with van der Waals surface area (Å²) in [6.07, 6.45) is 0. The largest absolute Gasteiger partial charge is 0.301 e. The van der Waals surface area contributed by atoms with Gasteiger partial charge in [-0.2, -0.15) is 0 Å². The van der Waals surface area contributed by atoms with Crippen LogP contribution >= 0.6 is 57.6 Å². The fourth-order valence-electron chi connectivity index (χ4n) is 1.89. The normalized spacial score (nSPS) is 12.2. The van der Waals surface area contributed by atoms with E-state index in [1.807, 2.05) is 25.3 Å². The zero-order valence-electron chi connectivity index (χ0n) is 13.1. The molecule has 3 aromatic rings. The predicted octanol–water partition coefficient (Wildman–Crippen LogP) is 5.40. The fourth-order valence-corrected chi connectivity index (χ4v) is 5.07. The summed E-state index contributed by atoms with van der Waals surface area (Å²) in [4.78, 5) is 16.8. The van der Waals surface area contributed by atoms with Crippen LogP contribution in [-0.2, 0) is 4.79 Å². The van der Waals surface area contributed by atoms with Crippen molar-refractivity contribution in [2.45, 2.75) is 23.4 Å². The van der Waals surface area contributed by atoms with E-state index < -0.39 is 0 Å². The summed E-state index contributed by atoms with van der Waals surface area (Å²) in [6, 6.07) is 5.23. The van der Waals surface area contributed by atoms with Crippen molar-refractivity contribution >= 4 is 68.7 Å². The molecule has 1 atom stereocenters. The summed E-state index contributed by atoms with van der Waals surface area (Å²) in [5.74, 6) is -0.138. The average molecular weight is 431 g/mol. The standard InChI is InChI=1S/C15H12Cl2N4OS3/c1-7(24-15-21-20-8(2)25-15)13(22)19-14-18-12(6-23-14)10-4-3-9(16)5-11(10)17/h3-7H,1-2H3,(H,18,19,22). The van der Waals surface area contributed by atoms with Crippen molar-refractivity contribution in [3.05, 3.63) is 38.6 Å².